The van der Waals surface area contributed by atoms with Gasteiger partial charge in [-0.05, 0) is 49.6 Å². The van der Waals surface area contributed by atoms with Gasteiger partial charge in [0, 0.05) is 58.0 Å². The summed E-state index contributed by atoms with van der Waals surface area (Å²) in [5.41, 5.74) is 8.36. The van der Waals surface area contributed by atoms with Crippen LogP contribution in [0.15, 0.2) is 36.4 Å². The second-order valence-corrected chi connectivity index (χ2v) is 13.4. The van der Waals surface area contributed by atoms with E-state index in [0.717, 1.165) is 68.3 Å². The fraction of sp³-hybridized carbons (Fsp3) is 0.519. The molecule has 1 amide bonds. The lowest BCUT2D eigenvalue weighted by molar-refractivity contribution is -0.119. The third-order valence-corrected chi connectivity index (χ3v) is 9.57. The minimum Gasteiger partial charge on any atom is -0.494 e. The lowest BCUT2D eigenvalue weighted by atomic mass is 10.0. The van der Waals surface area contributed by atoms with Crippen molar-refractivity contribution in [3.05, 3.63) is 52.0 Å². The number of amides is 1. The Kier molecular flexibility index (Phi) is 10.4. The average Bonchev–Trinajstić information content (AvgIpc) is 2.90. The largest absolute Gasteiger partial charge is 0.494 e. The van der Waals surface area contributed by atoms with Crippen molar-refractivity contribution < 1.29 is 18.6 Å². The van der Waals surface area contributed by atoms with Gasteiger partial charge in [-0.2, -0.15) is 0 Å². The number of fused-ring (bicyclic) bond motifs is 1. The van der Waals surface area contributed by atoms with E-state index in [1.807, 2.05) is 36.4 Å². The van der Waals surface area contributed by atoms with E-state index < -0.39 is 7.37 Å². The molecule has 11 heteroatoms. The number of unbranched alkanes of at least 4 members (excludes halogenated alkanes) is 1. The van der Waals surface area contributed by atoms with Crippen LogP contribution in [0.1, 0.15) is 24.8 Å². The first kappa shape index (κ1) is 29.2. The molecule has 1 fully saturated rings. The van der Waals surface area contributed by atoms with E-state index in [1.54, 1.807) is 11.6 Å². The van der Waals surface area contributed by atoms with Gasteiger partial charge in [0.05, 0.1) is 28.0 Å². The van der Waals surface area contributed by atoms with E-state index in [9.17, 15) is 9.36 Å². The first-order valence-corrected chi connectivity index (χ1v) is 16.2. The maximum Gasteiger partial charge on any atom is 0.229 e. The van der Waals surface area contributed by atoms with Crippen LogP contribution >= 0.6 is 30.6 Å². The van der Waals surface area contributed by atoms with E-state index in [-0.39, 0.29) is 25.3 Å². The van der Waals surface area contributed by atoms with Gasteiger partial charge in [0.25, 0.3) is 0 Å². The minimum atomic E-state index is -2.84. The third-order valence-electron chi connectivity index (χ3n) is 7.03. The summed E-state index contributed by atoms with van der Waals surface area (Å²) < 4.78 is 24.1. The summed E-state index contributed by atoms with van der Waals surface area (Å²) in [5.74, 6) is 0.678. The van der Waals surface area contributed by atoms with Gasteiger partial charge in [0.1, 0.15) is 12.5 Å². The number of hydrogen-bond donors (Lipinski definition) is 1. The molecule has 2 aromatic rings. The summed E-state index contributed by atoms with van der Waals surface area (Å²) in [4.78, 5) is 18.9. The van der Waals surface area contributed by atoms with Gasteiger partial charge < -0.3 is 19.9 Å². The molecule has 0 spiro atoms. The van der Waals surface area contributed by atoms with Gasteiger partial charge >= 0.3 is 0 Å². The fourth-order valence-corrected chi connectivity index (χ4v) is 6.18. The molecule has 0 saturated carbocycles. The van der Waals surface area contributed by atoms with Gasteiger partial charge in [-0.3, -0.25) is 19.2 Å². The number of carbonyl (C=O) groups is 1. The van der Waals surface area contributed by atoms with Gasteiger partial charge in [-0.15, -0.1) is 0 Å². The van der Waals surface area contributed by atoms with Crippen molar-refractivity contribution in [2.45, 2.75) is 25.7 Å². The van der Waals surface area contributed by atoms with Crippen LogP contribution in [0, 0.1) is 0 Å². The number of aryl methyl sites for hydroxylation is 1. The standard InChI is InChI=1S/C27H37Cl2N4O4P/c1-38(35,18-11-30)37-20-33-25-19-22(9-7-21(25)8-10-26(33)34)36-17-3-2-12-31-13-15-32(16-14-31)24-6-4-5-23(28)27(24)29/h4-7,9,19H,2-3,8,10-18,20,30H2,1H3. The highest BCUT2D eigenvalue weighted by atomic mass is 35.5. The summed E-state index contributed by atoms with van der Waals surface area (Å²) in [6.07, 6.45) is 3.34. The van der Waals surface area contributed by atoms with Crippen LogP contribution in [0.2, 0.25) is 10.0 Å². The molecule has 2 N–H and O–H groups in total. The molecule has 2 aliphatic heterocycles. The Bertz CT molecular complexity index is 1160. The fourth-order valence-electron chi connectivity index (χ4n) is 4.80. The summed E-state index contributed by atoms with van der Waals surface area (Å²) in [6.45, 7) is 7.22. The van der Waals surface area contributed by atoms with Gasteiger partial charge in [-0.25, -0.2) is 0 Å². The molecule has 8 nitrogen and oxygen atoms in total. The predicted octanol–water partition coefficient (Wildman–Crippen LogP) is 5.09. The molecule has 2 aromatic carbocycles. The highest BCUT2D eigenvalue weighted by molar-refractivity contribution is 7.58. The van der Waals surface area contributed by atoms with Gasteiger partial charge in [0.15, 0.2) is 0 Å². The van der Waals surface area contributed by atoms with Crippen LogP contribution in [0.4, 0.5) is 11.4 Å². The topological polar surface area (TPSA) is 88.3 Å². The Balaban J connectivity index is 1.21. The smallest absolute Gasteiger partial charge is 0.229 e. The molecule has 0 radical (unpaired) electrons. The van der Waals surface area contributed by atoms with Crippen LogP contribution < -0.4 is 20.3 Å². The number of rotatable bonds is 12. The van der Waals surface area contributed by atoms with E-state index in [4.69, 9.17) is 38.2 Å². The highest BCUT2D eigenvalue weighted by Gasteiger charge is 2.27. The van der Waals surface area contributed by atoms with Crippen LogP contribution in [-0.4, -0.2) is 76.2 Å². The zero-order valence-electron chi connectivity index (χ0n) is 21.9. The Labute approximate surface area is 235 Å². The van der Waals surface area contributed by atoms with Crippen LogP contribution in [-0.2, 0) is 20.3 Å². The van der Waals surface area contributed by atoms with E-state index in [1.165, 1.54) is 0 Å². The summed E-state index contributed by atoms with van der Waals surface area (Å²) >= 11 is 12.6. The van der Waals surface area contributed by atoms with Crippen LogP contribution in [0.5, 0.6) is 5.75 Å². The molecule has 208 valence electrons. The number of nitrogens with two attached hydrogens (primary N) is 1. The number of carbonyl (C=O) groups excluding carboxylic acids is 1. The Hall–Kier alpha value is -1.80. The van der Waals surface area contributed by atoms with Crippen molar-refractivity contribution in [3.63, 3.8) is 0 Å². The normalized spacial score (nSPS) is 17.8. The predicted molar refractivity (Wildman–Crippen MR) is 155 cm³/mol. The molecule has 0 aliphatic carbocycles. The quantitative estimate of drug-likeness (QED) is 0.275. The zero-order chi connectivity index (χ0) is 27.1. The Morgan fingerprint density at radius 1 is 1.03 bits per heavy atom. The third kappa shape index (κ3) is 7.65. The summed E-state index contributed by atoms with van der Waals surface area (Å²) in [7, 11) is -2.84. The maximum absolute atomic E-state index is 12.6. The van der Waals surface area contributed by atoms with Crippen molar-refractivity contribution in [3.8, 4) is 5.75 Å². The molecule has 4 rings (SSSR count). The summed E-state index contributed by atoms with van der Waals surface area (Å²) in [6, 6.07) is 11.6. The molecule has 1 saturated heterocycles. The maximum atomic E-state index is 12.6. The number of ether oxygens (including phenoxy) is 1. The van der Waals surface area contributed by atoms with Crippen molar-refractivity contribution in [1.82, 2.24) is 4.90 Å². The molecule has 38 heavy (non-hydrogen) atoms. The number of benzene rings is 2. The Morgan fingerprint density at radius 3 is 2.58 bits per heavy atom. The SMILES string of the molecule is CP(=O)(CCN)OCN1C(=O)CCc2ccc(OCCCCN3CCN(c4cccc(Cl)c4Cl)CC3)cc21. The van der Waals surface area contributed by atoms with Crippen LogP contribution in [0.25, 0.3) is 0 Å². The minimum absolute atomic E-state index is 0.0415. The van der Waals surface area contributed by atoms with Crippen LogP contribution in [0.3, 0.4) is 0 Å². The molecule has 0 aromatic heterocycles. The number of halogens is 2. The lowest BCUT2D eigenvalue weighted by Gasteiger charge is -2.36. The average molecular weight is 583 g/mol. The molecule has 2 aliphatic rings. The molecular weight excluding hydrogens is 546 g/mol. The van der Waals surface area contributed by atoms with Crippen molar-refractivity contribution in [1.29, 1.82) is 0 Å². The summed E-state index contributed by atoms with van der Waals surface area (Å²) in [5, 5.41) is 1.21. The molecule has 1 atom stereocenters. The van der Waals surface area contributed by atoms with Gasteiger partial charge in [-0.1, -0.05) is 35.3 Å². The van der Waals surface area contributed by atoms with Gasteiger partial charge in [0.2, 0.25) is 13.3 Å². The van der Waals surface area contributed by atoms with E-state index >= 15 is 0 Å². The van der Waals surface area contributed by atoms with E-state index in [2.05, 4.69) is 9.80 Å². The number of nitrogens with zero attached hydrogens (tertiary/aromatic N) is 3. The number of piperazine rings is 1. The van der Waals surface area contributed by atoms with Crippen molar-refractivity contribution in [2.75, 3.05) is 75.2 Å². The highest BCUT2D eigenvalue weighted by Crippen LogP contribution is 2.43. The lowest BCUT2D eigenvalue weighted by Crippen LogP contribution is -2.46. The van der Waals surface area contributed by atoms with E-state index in [0.29, 0.717) is 29.5 Å². The zero-order valence-corrected chi connectivity index (χ0v) is 24.3. The van der Waals surface area contributed by atoms with Crippen molar-refractivity contribution in [2.24, 2.45) is 5.73 Å². The Morgan fingerprint density at radius 2 is 1.82 bits per heavy atom. The van der Waals surface area contributed by atoms with Crippen molar-refractivity contribution >= 4 is 47.9 Å². The molecule has 1 unspecified atom stereocenters. The number of hydrogen-bond acceptors (Lipinski definition) is 7. The number of anilines is 2. The molecular formula is C27H37Cl2N4O4P. The monoisotopic (exact) mass is 582 g/mol. The second kappa shape index (κ2) is 13.5. The molecule has 2 heterocycles. The molecule has 0 bridgehead atoms. The second-order valence-electron chi connectivity index (χ2n) is 9.85. The first-order chi connectivity index (χ1) is 18.3. The first-order valence-electron chi connectivity index (χ1n) is 13.2.